The fourth-order valence-corrected chi connectivity index (χ4v) is 1.20. The summed E-state index contributed by atoms with van der Waals surface area (Å²) in [7, 11) is 6.00. The van der Waals surface area contributed by atoms with Gasteiger partial charge in [0.15, 0.2) is 11.8 Å². The Morgan fingerprint density at radius 1 is 1.33 bits per heavy atom. The van der Waals surface area contributed by atoms with Gasteiger partial charge in [-0.05, 0) is 27.2 Å². The van der Waals surface area contributed by atoms with Crippen molar-refractivity contribution >= 4 is 40.8 Å². The molecule has 1 N–H and O–H groups in total. The quantitative estimate of drug-likeness (QED) is 0.869. The second-order valence-corrected chi connectivity index (χ2v) is 4.74. The number of nitrogens with zero attached hydrogens (tertiary/aromatic N) is 2. The minimum atomic E-state index is -1.13. The van der Waals surface area contributed by atoms with E-state index in [0.717, 1.165) is 0 Å². The number of pyridine rings is 1. The Kier molecular flexibility index (Phi) is 8.02. The Morgan fingerprint density at radius 3 is 2.28 bits per heavy atom. The fourth-order valence-electron chi connectivity index (χ4n) is 0.660. The van der Waals surface area contributed by atoms with E-state index in [0.29, 0.717) is 0 Å². The molecule has 0 amide bonds. The molecule has 0 unspecified atom stereocenters. The van der Waals surface area contributed by atoms with Crippen LogP contribution in [0.15, 0.2) is 6.07 Å². The third-order valence-corrected chi connectivity index (χ3v) is 2.13. The van der Waals surface area contributed by atoms with Crippen molar-refractivity contribution in [2.24, 2.45) is 0 Å². The van der Waals surface area contributed by atoms with E-state index in [-0.39, 0.29) is 21.1 Å². The van der Waals surface area contributed by atoms with Crippen LogP contribution in [-0.4, -0.2) is 48.7 Å². The molecule has 0 saturated heterocycles. The van der Waals surface area contributed by atoms with E-state index in [1.807, 2.05) is 26.0 Å². The predicted molar refractivity (Wildman–Crippen MR) is 72.0 cm³/mol. The van der Waals surface area contributed by atoms with Crippen molar-refractivity contribution in [3.8, 4) is 5.88 Å². The zero-order chi connectivity index (χ0) is 14.3. The number of hydrogen-bond donors (Lipinski definition) is 1. The average Bonchev–Trinajstić information content (AvgIpc) is 2.20. The van der Waals surface area contributed by atoms with E-state index in [9.17, 15) is 4.79 Å². The van der Waals surface area contributed by atoms with Crippen LogP contribution in [-0.2, 0) is 4.79 Å². The molecular weight excluding hydrogens is 302 g/mol. The van der Waals surface area contributed by atoms with Gasteiger partial charge in [-0.1, -0.05) is 34.8 Å². The molecule has 0 fully saturated rings. The number of carboxylic acid groups (broad SMARTS) is 1. The van der Waals surface area contributed by atoms with Crippen LogP contribution in [0.2, 0.25) is 15.2 Å². The molecule has 0 aliphatic rings. The lowest BCUT2D eigenvalue weighted by atomic mass is 10.5. The molecule has 1 aromatic rings. The number of hydrogen-bond acceptors (Lipinski definition) is 4. The summed E-state index contributed by atoms with van der Waals surface area (Å²) in [5.41, 5.74) is 0. The Bertz CT molecular complexity index is 411. The number of rotatable bonds is 3. The van der Waals surface area contributed by atoms with Crippen molar-refractivity contribution in [1.29, 1.82) is 0 Å². The number of carbonyl (C=O) groups is 1. The van der Waals surface area contributed by atoms with Gasteiger partial charge in [-0.3, -0.25) is 0 Å². The standard InChI is InChI=1S/C7H4Cl3NO3.C3H9N/c8-3-1-4(9)7(11-6(3)10)14-2-5(12)13;1-4(2)3/h1H,2H2,(H,12,13);1-3H3. The molecule has 102 valence electrons. The van der Waals surface area contributed by atoms with Gasteiger partial charge >= 0.3 is 5.97 Å². The second-order valence-electron chi connectivity index (χ2n) is 3.57. The molecule has 5 nitrogen and oxygen atoms in total. The van der Waals surface area contributed by atoms with Crippen LogP contribution >= 0.6 is 34.8 Å². The lowest BCUT2D eigenvalue weighted by Crippen LogP contribution is -2.10. The fraction of sp³-hybridized carbons (Fsp3) is 0.400. The van der Waals surface area contributed by atoms with Crippen molar-refractivity contribution < 1.29 is 14.6 Å². The molecule has 18 heavy (non-hydrogen) atoms. The largest absolute Gasteiger partial charge is 0.479 e. The molecule has 1 aromatic heterocycles. The SMILES string of the molecule is CN(C)C.O=C(O)COc1nc(Cl)c(Cl)cc1Cl. The normalized spacial score (nSPS) is 9.72. The molecule has 0 spiro atoms. The number of halogens is 3. The average molecular weight is 316 g/mol. The monoisotopic (exact) mass is 314 g/mol. The predicted octanol–water partition coefficient (Wildman–Crippen LogP) is 2.68. The first kappa shape index (κ1) is 17.2. The molecule has 0 saturated carbocycles. The van der Waals surface area contributed by atoms with E-state index < -0.39 is 12.6 Å². The van der Waals surface area contributed by atoms with Crippen molar-refractivity contribution in [2.45, 2.75) is 0 Å². The molecule has 0 atom stereocenters. The number of aliphatic carboxylic acids is 1. The molecule has 0 aromatic carbocycles. The molecule has 0 radical (unpaired) electrons. The van der Waals surface area contributed by atoms with E-state index in [1.165, 1.54) is 6.07 Å². The Morgan fingerprint density at radius 2 is 1.83 bits per heavy atom. The summed E-state index contributed by atoms with van der Waals surface area (Å²) < 4.78 is 4.75. The molecule has 0 aliphatic heterocycles. The summed E-state index contributed by atoms with van der Waals surface area (Å²) in [5, 5.41) is 8.64. The van der Waals surface area contributed by atoms with Crippen molar-refractivity contribution in [3.05, 3.63) is 21.3 Å². The maximum Gasteiger partial charge on any atom is 0.341 e. The first-order chi connectivity index (χ1) is 8.23. The highest BCUT2D eigenvalue weighted by atomic mass is 35.5. The summed E-state index contributed by atoms with van der Waals surface area (Å²) in [4.78, 5) is 15.8. The molecule has 0 bridgehead atoms. The van der Waals surface area contributed by atoms with Gasteiger partial charge < -0.3 is 14.7 Å². The van der Waals surface area contributed by atoms with Crippen LogP contribution in [0.1, 0.15) is 0 Å². The van der Waals surface area contributed by atoms with E-state index in [2.05, 4.69) is 4.98 Å². The van der Waals surface area contributed by atoms with E-state index >= 15 is 0 Å². The van der Waals surface area contributed by atoms with E-state index in [4.69, 9.17) is 44.6 Å². The lowest BCUT2D eigenvalue weighted by Gasteiger charge is -2.05. The minimum Gasteiger partial charge on any atom is -0.479 e. The topological polar surface area (TPSA) is 62.7 Å². The zero-order valence-electron chi connectivity index (χ0n) is 10.1. The van der Waals surface area contributed by atoms with Crippen molar-refractivity contribution in [3.63, 3.8) is 0 Å². The zero-order valence-corrected chi connectivity index (χ0v) is 12.3. The van der Waals surface area contributed by atoms with Crippen LogP contribution in [0.25, 0.3) is 0 Å². The Labute approximate surface area is 120 Å². The summed E-state index contributed by atoms with van der Waals surface area (Å²) in [6, 6.07) is 1.33. The highest BCUT2D eigenvalue weighted by Crippen LogP contribution is 2.30. The molecule has 0 aliphatic carbocycles. The Hall–Kier alpha value is -0.750. The van der Waals surface area contributed by atoms with Crippen LogP contribution in [0.5, 0.6) is 5.88 Å². The van der Waals surface area contributed by atoms with Gasteiger partial charge in [0, 0.05) is 0 Å². The smallest absolute Gasteiger partial charge is 0.341 e. The van der Waals surface area contributed by atoms with Gasteiger partial charge in [0.2, 0.25) is 5.88 Å². The molecule has 1 rings (SSSR count). The van der Waals surface area contributed by atoms with Crippen LogP contribution in [0, 0.1) is 0 Å². The van der Waals surface area contributed by atoms with Gasteiger partial charge in [0.05, 0.1) is 5.02 Å². The highest BCUT2D eigenvalue weighted by molar-refractivity contribution is 6.42. The van der Waals surface area contributed by atoms with Gasteiger partial charge in [-0.15, -0.1) is 0 Å². The third-order valence-electron chi connectivity index (χ3n) is 1.19. The molecular formula is C10H13Cl3N2O3. The number of carboxylic acids is 1. The molecule has 8 heteroatoms. The Balaban J connectivity index is 0.000000631. The highest BCUT2D eigenvalue weighted by Gasteiger charge is 2.10. The van der Waals surface area contributed by atoms with Gasteiger partial charge in [0.25, 0.3) is 0 Å². The summed E-state index contributed by atoms with van der Waals surface area (Å²) >= 11 is 16.8. The second kappa shape index (κ2) is 8.37. The maximum atomic E-state index is 10.2. The van der Waals surface area contributed by atoms with Gasteiger partial charge in [0.1, 0.15) is 5.02 Å². The van der Waals surface area contributed by atoms with Crippen molar-refractivity contribution in [2.75, 3.05) is 27.7 Å². The number of aromatic nitrogens is 1. The van der Waals surface area contributed by atoms with Gasteiger partial charge in [-0.25, -0.2) is 4.79 Å². The lowest BCUT2D eigenvalue weighted by molar-refractivity contribution is -0.139. The van der Waals surface area contributed by atoms with Gasteiger partial charge in [-0.2, -0.15) is 4.98 Å². The van der Waals surface area contributed by atoms with E-state index in [1.54, 1.807) is 0 Å². The van der Waals surface area contributed by atoms with Crippen LogP contribution in [0.4, 0.5) is 0 Å². The maximum absolute atomic E-state index is 10.2. The minimum absolute atomic E-state index is 0.0106. The summed E-state index contributed by atoms with van der Waals surface area (Å²) in [5.74, 6) is -1.18. The first-order valence-corrected chi connectivity index (χ1v) is 5.84. The van der Waals surface area contributed by atoms with Crippen molar-refractivity contribution in [1.82, 2.24) is 9.88 Å². The first-order valence-electron chi connectivity index (χ1n) is 4.71. The molecule has 1 heterocycles. The van der Waals surface area contributed by atoms with Crippen LogP contribution in [0.3, 0.4) is 0 Å². The third kappa shape index (κ3) is 7.55. The number of ether oxygens (including phenoxy) is 1. The van der Waals surface area contributed by atoms with Crippen LogP contribution < -0.4 is 4.74 Å². The summed E-state index contributed by atoms with van der Waals surface area (Å²) in [6.45, 7) is -0.537. The summed E-state index contributed by atoms with van der Waals surface area (Å²) in [6.07, 6.45) is 0.